The Balaban J connectivity index is 2.29. The van der Waals surface area contributed by atoms with Gasteiger partial charge >= 0.3 is 0 Å². The molecule has 2 rings (SSSR count). The largest absolute Gasteiger partial charge is 0.492 e. The summed E-state index contributed by atoms with van der Waals surface area (Å²) in [6.45, 7) is 6.38. The Morgan fingerprint density at radius 2 is 1.75 bits per heavy atom. The van der Waals surface area contributed by atoms with Crippen molar-refractivity contribution in [1.82, 2.24) is 4.31 Å². The minimum absolute atomic E-state index is 0.0443. The number of benzene rings is 2. The minimum atomic E-state index is -3.73. The van der Waals surface area contributed by atoms with Crippen LogP contribution in [-0.4, -0.2) is 38.3 Å². The summed E-state index contributed by atoms with van der Waals surface area (Å²) in [6, 6.07) is 14.1. The van der Waals surface area contributed by atoms with Crippen LogP contribution in [0.3, 0.4) is 0 Å². The van der Waals surface area contributed by atoms with Gasteiger partial charge in [0, 0.05) is 24.9 Å². The highest BCUT2D eigenvalue weighted by atomic mass is 32.2. The predicted molar refractivity (Wildman–Crippen MR) is 112 cm³/mol. The minimum Gasteiger partial charge on any atom is -0.492 e. The van der Waals surface area contributed by atoms with E-state index < -0.39 is 10.0 Å². The quantitative estimate of drug-likeness (QED) is 0.648. The molecule has 1 N–H and O–H groups in total. The van der Waals surface area contributed by atoms with Crippen molar-refractivity contribution < 1.29 is 17.9 Å². The zero-order valence-corrected chi connectivity index (χ0v) is 17.2. The van der Waals surface area contributed by atoms with Crippen LogP contribution in [0.1, 0.15) is 26.3 Å². The number of nitrogens with zero attached hydrogens (tertiary/aromatic N) is 1. The molecule has 0 saturated carbocycles. The van der Waals surface area contributed by atoms with Gasteiger partial charge in [-0.1, -0.05) is 44.2 Å². The molecule has 0 fully saturated rings. The Bertz CT molecular complexity index is 921. The lowest BCUT2D eigenvalue weighted by atomic mass is 10.2. The lowest BCUT2D eigenvalue weighted by molar-refractivity contribution is -0.111. The Morgan fingerprint density at radius 3 is 2.36 bits per heavy atom. The molecule has 0 atom stereocenters. The number of hydrogen-bond acceptors (Lipinski definition) is 4. The van der Waals surface area contributed by atoms with Gasteiger partial charge in [-0.2, -0.15) is 4.31 Å². The van der Waals surface area contributed by atoms with Gasteiger partial charge in [0.2, 0.25) is 15.9 Å². The first-order chi connectivity index (χ1) is 13.4. The summed E-state index contributed by atoms with van der Waals surface area (Å²) < 4.78 is 32.8. The van der Waals surface area contributed by atoms with E-state index >= 15 is 0 Å². The van der Waals surface area contributed by atoms with Gasteiger partial charge < -0.3 is 10.1 Å². The third-order valence-electron chi connectivity index (χ3n) is 4.06. The third kappa shape index (κ3) is 5.43. The van der Waals surface area contributed by atoms with Crippen molar-refractivity contribution in [3.63, 3.8) is 0 Å². The number of rotatable bonds is 9. The molecular weight excluding hydrogens is 376 g/mol. The fraction of sp³-hybridized carbons (Fsp3) is 0.286. The number of carbonyl (C=O) groups excluding carboxylic acids is 1. The van der Waals surface area contributed by atoms with Crippen LogP contribution in [0, 0.1) is 0 Å². The molecule has 0 aromatic heterocycles. The summed E-state index contributed by atoms with van der Waals surface area (Å²) in [4.78, 5) is 12.3. The van der Waals surface area contributed by atoms with E-state index in [1.807, 2.05) is 30.3 Å². The van der Waals surface area contributed by atoms with Crippen molar-refractivity contribution in [2.45, 2.75) is 25.7 Å². The summed E-state index contributed by atoms with van der Waals surface area (Å²) in [6.07, 6.45) is 3.10. The molecule has 0 saturated heterocycles. The van der Waals surface area contributed by atoms with E-state index in [9.17, 15) is 13.2 Å². The zero-order chi connectivity index (χ0) is 20.6. The number of anilines is 1. The van der Waals surface area contributed by atoms with Crippen LogP contribution in [0.15, 0.2) is 59.5 Å². The molecule has 0 aliphatic carbocycles. The van der Waals surface area contributed by atoms with Crippen LogP contribution in [0.4, 0.5) is 5.69 Å². The molecule has 0 heterocycles. The highest BCUT2D eigenvalue weighted by molar-refractivity contribution is 7.89. The monoisotopic (exact) mass is 402 g/mol. The summed E-state index contributed by atoms with van der Waals surface area (Å²) in [5.41, 5.74) is 1.28. The maximum atomic E-state index is 13.0. The van der Waals surface area contributed by atoms with E-state index in [4.69, 9.17) is 4.74 Å². The van der Waals surface area contributed by atoms with Crippen LogP contribution in [0.25, 0.3) is 6.08 Å². The Labute approximate surface area is 166 Å². The number of carbonyl (C=O) groups is 1. The average Bonchev–Trinajstić information content (AvgIpc) is 2.69. The molecule has 150 valence electrons. The van der Waals surface area contributed by atoms with Crippen LogP contribution in [0.5, 0.6) is 5.75 Å². The standard InChI is InChI=1S/C21H26N2O4S/c1-4-23(5-2)28(25,26)20-16-18(13-14-19(20)27-6-3)22-21(24)15-12-17-10-8-7-9-11-17/h7-16H,4-6H2,1-3H3,(H,22,24)/b15-12+. The maximum Gasteiger partial charge on any atom is 0.248 e. The first kappa shape index (κ1) is 21.7. The van der Waals surface area contributed by atoms with Crippen molar-refractivity contribution in [3.05, 3.63) is 60.2 Å². The second-order valence-electron chi connectivity index (χ2n) is 5.92. The van der Waals surface area contributed by atoms with Gasteiger partial charge in [-0.05, 0) is 36.8 Å². The van der Waals surface area contributed by atoms with Crippen molar-refractivity contribution >= 4 is 27.7 Å². The fourth-order valence-corrected chi connectivity index (χ4v) is 4.30. The molecule has 0 unspecified atom stereocenters. The zero-order valence-electron chi connectivity index (χ0n) is 16.4. The molecule has 0 spiro atoms. The number of hydrogen-bond donors (Lipinski definition) is 1. The van der Waals surface area contributed by atoms with Gasteiger partial charge in [-0.15, -0.1) is 0 Å². The van der Waals surface area contributed by atoms with E-state index in [1.165, 1.54) is 16.4 Å². The highest BCUT2D eigenvalue weighted by Gasteiger charge is 2.26. The van der Waals surface area contributed by atoms with E-state index in [1.54, 1.807) is 39.0 Å². The molecule has 1 amide bonds. The summed E-state index contributed by atoms with van der Waals surface area (Å²) in [5.74, 6) is -0.0774. The van der Waals surface area contributed by atoms with Gasteiger partial charge in [0.1, 0.15) is 10.6 Å². The normalized spacial score (nSPS) is 11.7. The molecule has 0 aliphatic rings. The third-order valence-corrected chi connectivity index (χ3v) is 6.13. The van der Waals surface area contributed by atoms with Crippen LogP contribution < -0.4 is 10.1 Å². The van der Waals surface area contributed by atoms with Gasteiger partial charge in [-0.3, -0.25) is 4.79 Å². The number of nitrogens with one attached hydrogen (secondary N) is 1. The van der Waals surface area contributed by atoms with E-state index in [2.05, 4.69) is 5.32 Å². The van der Waals surface area contributed by atoms with Crippen molar-refractivity contribution in [3.8, 4) is 5.75 Å². The average molecular weight is 403 g/mol. The van der Waals surface area contributed by atoms with Crippen molar-refractivity contribution in [1.29, 1.82) is 0 Å². The molecule has 7 heteroatoms. The first-order valence-electron chi connectivity index (χ1n) is 9.23. The number of amides is 1. The molecule has 2 aromatic rings. The van der Waals surface area contributed by atoms with Gasteiger partial charge in [-0.25, -0.2) is 8.42 Å². The maximum absolute atomic E-state index is 13.0. The second-order valence-corrected chi connectivity index (χ2v) is 7.82. The van der Waals surface area contributed by atoms with Crippen LogP contribution >= 0.6 is 0 Å². The Hall–Kier alpha value is -2.64. The van der Waals surface area contributed by atoms with Gasteiger partial charge in [0.25, 0.3) is 0 Å². The Kier molecular flexibility index (Phi) is 7.78. The molecule has 0 radical (unpaired) electrons. The Morgan fingerprint density at radius 1 is 1.07 bits per heavy atom. The van der Waals surface area contributed by atoms with E-state index in [0.717, 1.165) is 5.56 Å². The first-order valence-corrected chi connectivity index (χ1v) is 10.7. The van der Waals surface area contributed by atoms with Crippen LogP contribution in [-0.2, 0) is 14.8 Å². The smallest absolute Gasteiger partial charge is 0.248 e. The summed E-state index contributed by atoms with van der Waals surface area (Å²) >= 11 is 0. The van der Waals surface area contributed by atoms with E-state index in [-0.39, 0.29) is 16.6 Å². The molecule has 6 nitrogen and oxygen atoms in total. The number of ether oxygens (including phenoxy) is 1. The van der Waals surface area contributed by atoms with Crippen molar-refractivity contribution in [2.75, 3.05) is 25.0 Å². The topological polar surface area (TPSA) is 75.7 Å². The van der Waals surface area contributed by atoms with Gasteiger partial charge in [0.15, 0.2) is 0 Å². The SMILES string of the molecule is CCOc1ccc(NC(=O)/C=C/c2ccccc2)cc1S(=O)(=O)N(CC)CC. The van der Waals surface area contributed by atoms with Crippen LogP contribution in [0.2, 0.25) is 0 Å². The fourth-order valence-electron chi connectivity index (χ4n) is 2.68. The summed E-state index contributed by atoms with van der Waals surface area (Å²) in [7, 11) is -3.73. The lowest BCUT2D eigenvalue weighted by Crippen LogP contribution is -2.31. The molecule has 0 bridgehead atoms. The summed E-state index contributed by atoms with van der Waals surface area (Å²) in [5, 5.41) is 2.70. The second kappa shape index (κ2) is 10.1. The molecule has 0 aliphatic heterocycles. The predicted octanol–water partition coefficient (Wildman–Crippen LogP) is 3.77. The lowest BCUT2D eigenvalue weighted by Gasteiger charge is -2.21. The molecular formula is C21H26N2O4S. The molecule has 28 heavy (non-hydrogen) atoms. The number of sulfonamides is 1. The highest BCUT2D eigenvalue weighted by Crippen LogP contribution is 2.30. The molecule has 2 aromatic carbocycles. The van der Waals surface area contributed by atoms with E-state index in [0.29, 0.717) is 25.4 Å². The van der Waals surface area contributed by atoms with Crippen molar-refractivity contribution in [2.24, 2.45) is 0 Å². The van der Waals surface area contributed by atoms with Gasteiger partial charge in [0.05, 0.1) is 6.61 Å².